The van der Waals surface area contributed by atoms with Crippen LogP contribution in [0.5, 0.6) is 0 Å². The van der Waals surface area contributed by atoms with Crippen molar-refractivity contribution in [1.82, 2.24) is 9.88 Å². The lowest BCUT2D eigenvalue weighted by molar-refractivity contribution is 0.0950. The Morgan fingerprint density at radius 2 is 1.77 bits per heavy atom. The number of carbonyl (C=O) groups is 1. The molecule has 3 aromatic rings. The van der Waals surface area contributed by atoms with E-state index in [4.69, 9.17) is 21.8 Å². The van der Waals surface area contributed by atoms with Gasteiger partial charge in [-0.3, -0.25) is 4.79 Å². The van der Waals surface area contributed by atoms with Crippen LogP contribution in [-0.2, 0) is 10.0 Å². The second-order valence-corrected chi connectivity index (χ2v) is 8.74. The number of nitrogens with one attached hydrogen (secondary N) is 1. The minimum Gasteiger partial charge on any atom is -0.396 e. The van der Waals surface area contributed by atoms with Crippen LogP contribution in [0.15, 0.2) is 59.5 Å². The molecule has 7 nitrogen and oxygen atoms in total. The average Bonchev–Trinajstić information content (AvgIpc) is 3.05. The Balaban J connectivity index is 2.12. The van der Waals surface area contributed by atoms with Gasteiger partial charge in [0.15, 0.2) is 0 Å². The highest BCUT2D eigenvalue weighted by molar-refractivity contribution is 7.89. The van der Waals surface area contributed by atoms with Gasteiger partial charge in [-0.15, -0.1) is 0 Å². The van der Waals surface area contributed by atoms with Gasteiger partial charge < -0.3 is 15.0 Å². The zero-order valence-electron chi connectivity index (χ0n) is 16.3. The molecule has 2 aromatic carbocycles. The third kappa shape index (κ3) is 4.73. The van der Waals surface area contributed by atoms with E-state index >= 15 is 0 Å². The molecular weight excluding hydrogens is 426 g/mol. The van der Waals surface area contributed by atoms with Gasteiger partial charge in [-0.1, -0.05) is 23.7 Å². The maximum Gasteiger partial charge on any atom is 0.253 e. The molecule has 1 amide bonds. The van der Waals surface area contributed by atoms with Crippen molar-refractivity contribution >= 4 is 27.5 Å². The van der Waals surface area contributed by atoms with Crippen LogP contribution in [0.3, 0.4) is 0 Å². The lowest BCUT2D eigenvalue weighted by Crippen LogP contribution is -2.25. The highest BCUT2D eigenvalue weighted by Crippen LogP contribution is 2.30. The topological polar surface area (TPSA) is 114 Å². The SMILES string of the molecule is Cc1c(C(=O)NCCCO)cc(-c2ccc(Cl)cc2)n1-c1ccc(S(N)(=O)=O)cc1. The second-order valence-electron chi connectivity index (χ2n) is 6.74. The normalized spacial score (nSPS) is 11.5. The summed E-state index contributed by atoms with van der Waals surface area (Å²) in [4.78, 5) is 12.7. The predicted molar refractivity (Wildman–Crippen MR) is 116 cm³/mol. The molecule has 0 unspecified atom stereocenters. The number of aliphatic hydroxyl groups excluding tert-OH is 1. The number of aromatic nitrogens is 1. The van der Waals surface area contributed by atoms with Gasteiger partial charge in [-0.25, -0.2) is 13.6 Å². The Labute approximate surface area is 180 Å². The monoisotopic (exact) mass is 447 g/mol. The summed E-state index contributed by atoms with van der Waals surface area (Å²) in [6, 6.07) is 15.1. The van der Waals surface area contributed by atoms with Gasteiger partial charge in [-0.05, 0) is 61.4 Å². The molecule has 1 aromatic heterocycles. The summed E-state index contributed by atoms with van der Waals surface area (Å²) in [6.07, 6.45) is 0.463. The minimum atomic E-state index is -3.81. The van der Waals surface area contributed by atoms with Crippen molar-refractivity contribution in [2.24, 2.45) is 5.14 Å². The number of nitrogens with two attached hydrogens (primary N) is 1. The highest BCUT2D eigenvalue weighted by atomic mass is 35.5. The summed E-state index contributed by atoms with van der Waals surface area (Å²) < 4.78 is 25.0. The van der Waals surface area contributed by atoms with Crippen molar-refractivity contribution in [2.45, 2.75) is 18.2 Å². The molecule has 0 spiro atoms. The molecular formula is C21H22ClN3O4S. The number of hydrogen-bond donors (Lipinski definition) is 3. The molecule has 0 aliphatic rings. The van der Waals surface area contributed by atoms with Crippen LogP contribution in [0.1, 0.15) is 22.5 Å². The molecule has 0 saturated carbocycles. The van der Waals surface area contributed by atoms with E-state index < -0.39 is 10.0 Å². The summed E-state index contributed by atoms with van der Waals surface area (Å²) in [5.41, 5.74) is 3.43. The summed E-state index contributed by atoms with van der Waals surface area (Å²) in [6.45, 7) is 2.17. The Bertz CT molecular complexity index is 1150. The van der Waals surface area contributed by atoms with E-state index in [1.165, 1.54) is 12.1 Å². The summed E-state index contributed by atoms with van der Waals surface area (Å²) in [7, 11) is -3.81. The Morgan fingerprint density at radius 1 is 1.13 bits per heavy atom. The fourth-order valence-electron chi connectivity index (χ4n) is 3.16. The quantitative estimate of drug-likeness (QED) is 0.483. The fourth-order valence-corrected chi connectivity index (χ4v) is 3.81. The summed E-state index contributed by atoms with van der Waals surface area (Å²) >= 11 is 6.01. The van der Waals surface area contributed by atoms with Gasteiger partial charge in [0.25, 0.3) is 5.91 Å². The van der Waals surface area contributed by atoms with E-state index in [2.05, 4.69) is 5.32 Å². The maximum absolute atomic E-state index is 12.7. The zero-order chi connectivity index (χ0) is 21.9. The number of amides is 1. The van der Waals surface area contributed by atoms with Crippen LogP contribution < -0.4 is 10.5 Å². The van der Waals surface area contributed by atoms with Gasteiger partial charge in [0, 0.05) is 29.6 Å². The summed E-state index contributed by atoms with van der Waals surface area (Å²) in [5.74, 6) is -0.254. The molecule has 30 heavy (non-hydrogen) atoms. The Morgan fingerprint density at radius 3 is 2.33 bits per heavy atom. The second kappa shape index (κ2) is 9.01. The summed E-state index contributed by atoms with van der Waals surface area (Å²) in [5, 5.41) is 17.5. The smallest absolute Gasteiger partial charge is 0.253 e. The number of aliphatic hydroxyl groups is 1. The molecule has 1 heterocycles. The van der Waals surface area contributed by atoms with Crippen LogP contribution in [0, 0.1) is 6.92 Å². The van der Waals surface area contributed by atoms with E-state index in [9.17, 15) is 13.2 Å². The lowest BCUT2D eigenvalue weighted by atomic mass is 10.1. The number of hydrogen-bond acceptors (Lipinski definition) is 4. The van der Waals surface area contributed by atoms with Crippen LogP contribution in [0.2, 0.25) is 5.02 Å². The van der Waals surface area contributed by atoms with Gasteiger partial charge in [0.2, 0.25) is 10.0 Å². The fraction of sp³-hybridized carbons (Fsp3) is 0.190. The number of nitrogens with zero attached hydrogens (tertiary/aromatic N) is 1. The number of rotatable bonds is 7. The van der Waals surface area contributed by atoms with E-state index in [0.717, 1.165) is 11.3 Å². The minimum absolute atomic E-state index is 0.00562. The lowest BCUT2D eigenvalue weighted by Gasteiger charge is -2.13. The third-order valence-electron chi connectivity index (χ3n) is 4.68. The first-order valence-corrected chi connectivity index (χ1v) is 11.2. The molecule has 0 saturated heterocycles. The van der Waals surface area contributed by atoms with Gasteiger partial charge in [0.05, 0.1) is 16.2 Å². The van der Waals surface area contributed by atoms with Crippen LogP contribution in [0.25, 0.3) is 16.9 Å². The van der Waals surface area contributed by atoms with Crippen molar-refractivity contribution in [2.75, 3.05) is 13.2 Å². The average molecular weight is 448 g/mol. The highest BCUT2D eigenvalue weighted by Gasteiger charge is 2.20. The van der Waals surface area contributed by atoms with E-state index in [-0.39, 0.29) is 17.4 Å². The predicted octanol–water partition coefficient (Wildman–Crippen LogP) is 2.87. The molecule has 0 radical (unpaired) electrons. The number of carbonyl (C=O) groups excluding carboxylic acids is 1. The molecule has 0 aliphatic carbocycles. The van der Waals surface area contributed by atoms with Crippen LogP contribution >= 0.6 is 11.6 Å². The first-order valence-electron chi connectivity index (χ1n) is 9.23. The standard InChI is InChI=1S/C21H22ClN3O4S/c1-14-19(21(27)24-11-2-12-26)13-20(15-3-5-16(22)6-4-15)25(14)17-7-9-18(10-8-17)30(23,28)29/h3-10,13,26H,2,11-12H2,1H3,(H,24,27)(H2,23,28,29). The van der Waals surface area contributed by atoms with Crippen molar-refractivity contribution in [3.8, 4) is 16.9 Å². The molecule has 9 heteroatoms. The number of halogens is 1. The van der Waals surface area contributed by atoms with Gasteiger partial charge in [-0.2, -0.15) is 0 Å². The zero-order valence-corrected chi connectivity index (χ0v) is 17.9. The third-order valence-corrected chi connectivity index (χ3v) is 5.86. The molecule has 0 atom stereocenters. The molecule has 4 N–H and O–H groups in total. The van der Waals surface area contributed by atoms with Crippen molar-refractivity contribution in [3.05, 3.63) is 70.9 Å². The van der Waals surface area contributed by atoms with Crippen LogP contribution in [-0.4, -0.2) is 37.2 Å². The first-order chi connectivity index (χ1) is 14.2. The van der Waals surface area contributed by atoms with Gasteiger partial charge in [0.1, 0.15) is 0 Å². The molecule has 0 aliphatic heterocycles. The Hall–Kier alpha value is -2.65. The van der Waals surface area contributed by atoms with Gasteiger partial charge >= 0.3 is 0 Å². The number of primary sulfonamides is 1. The van der Waals surface area contributed by atoms with Crippen molar-refractivity contribution in [1.29, 1.82) is 0 Å². The van der Waals surface area contributed by atoms with E-state index in [1.54, 1.807) is 30.3 Å². The van der Waals surface area contributed by atoms with Crippen molar-refractivity contribution < 1.29 is 18.3 Å². The van der Waals surface area contributed by atoms with E-state index in [1.807, 2.05) is 23.6 Å². The molecule has 0 bridgehead atoms. The Kier molecular flexibility index (Phi) is 6.62. The molecule has 3 rings (SSSR count). The maximum atomic E-state index is 12.7. The largest absolute Gasteiger partial charge is 0.396 e. The number of sulfonamides is 1. The van der Waals surface area contributed by atoms with Crippen molar-refractivity contribution in [3.63, 3.8) is 0 Å². The van der Waals surface area contributed by atoms with Crippen LogP contribution in [0.4, 0.5) is 0 Å². The first kappa shape index (κ1) is 22.0. The molecule has 158 valence electrons. The molecule has 0 fully saturated rings. The number of benzene rings is 2. The van der Waals surface area contributed by atoms with E-state index in [0.29, 0.717) is 34.9 Å².